The average Bonchev–Trinajstić information content (AvgIpc) is 2.78. The highest BCUT2D eigenvalue weighted by molar-refractivity contribution is 5.85. The molecule has 2 aromatic heterocycles. The Morgan fingerprint density at radius 3 is 2.94 bits per heavy atom. The largest absolute Gasteiger partial charge is 0.476 e. The molecule has 0 atom stereocenters. The number of hydrogen-bond acceptors (Lipinski definition) is 6. The van der Waals surface area contributed by atoms with Crippen molar-refractivity contribution < 1.29 is 19.5 Å². The van der Waals surface area contributed by atoms with Gasteiger partial charge in [-0.2, -0.15) is 0 Å². The fourth-order valence-corrected chi connectivity index (χ4v) is 1.13. The number of nitrogens with one attached hydrogen (secondary N) is 1. The summed E-state index contributed by atoms with van der Waals surface area (Å²) in [6.07, 6.45) is 2.47. The van der Waals surface area contributed by atoms with Crippen molar-refractivity contribution in [3.63, 3.8) is 0 Å². The molecule has 0 unspecified atom stereocenters. The summed E-state index contributed by atoms with van der Waals surface area (Å²) in [6.45, 7) is 0. The first kappa shape index (κ1) is 10.1. The van der Waals surface area contributed by atoms with Crippen LogP contribution in [0.5, 0.6) is 0 Å². The van der Waals surface area contributed by atoms with E-state index in [1.165, 1.54) is 12.3 Å². The van der Waals surface area contributed by atoms with Gasteiger partial charge in [0.2, 0.25) is 5.89 Å². The average molecular weight is 221 g/mol. The van der Waals surface area contributed by atoms with Crippen molar-refractivity contribution in [2.45, 2.75) is 0 Å². The van der Waals surface area contributed by atoms with Crippen molar-refractivity contribution in [1.82, 2.24) is 9.97 Å². The highest BCUT2D eigenvalue weighted by Crippen LogP contribution is 2.20. The molecule has 0 amide bonds. The molecule has 0 aromatic carbocycles. The second kappa shape index (κ2) is 3.99. The second-order valence-corrected chi connectivity index (χ2v) is 2.88. The highest BCUT2D eigenvalue weighted by atomic mass is 16.5. The minimum atomic E-state index is -1.16. The lowest BCUT2D eigenvalue weighted by Crippen LogP contribution is -1.96. The molecule has 2 rings (SSSR count). The summed E-state index contributed by atoms with van der Waals surface area (Å²) >= 11 is 0. The van der Waals surface area contributed by atoms with Crippen LogP contribution in [0.2, 0.25) is 0 Å². The predicted octanol–water partition coefficient (Wildman–Crippen LogP) is 1.24. The molecular formula is C9H7N3O4. The maximum absolute atomic E-state index is 10.6. The van der Waals surface area contributed by atoms with E-state index in [9.17, 15) is 4.79 Å². The number of anilines is 1. The number of carboxylic acids is 1. The molecule has 0 spiro atoms. The lowest BCUT2D eigenvalue weighted by atomic mass is 10.2. The Hall–Kier alpha value is -2.41. The maximum atomic E-state index is 10.6. The van der Waals surface area contributed by atoms with E-state index in [2.05, 4.69) is 9.97 Å². The van der Waals surface area contributed by atoms with Gasteiger partial charge in [0.15, 0.2) is 5.69 Å². The van der Waals surface area contributed by atoms with Gasteiger partial charge in [0, 0.05) is 11.8 Å². The van der Waals surface area contributed by atoms with Crippen LogP contribution in [-0.2, 0) is 0 Å². The van der Waals surface area contributed by atoms with Crippen molar-refractivity contribution in [3.05, 3.63) is 30.3 Å². The number of oxazole rings is 1. The first-order chi connectivity index (χ1) is 7.70. The van der Waals surface area contributed by atoms with E-state index < -0.39 is 5.97 Å². The minimum Gasteiger partial charge on any atom is -0.476 e. The van der Waals surface area contributed by atoms with Gasteiger partial charge in [0.1, 0.15) is 12.1 Å². The molecule has 0 saturated carbocycles. The second-order valence-electron chi connectivity index (χ2n) is 2.88. The predicted molar refractivity (Wildman–Crippen MR) is 52.1 cm³/mol. The van der Waals surface area contributed by atoms with Crippen LogP contribution in [0.1, 0.15) is 10.5 Å². The molecule has 0 aliphatic carbocycles. The first-order valence-electron chi connectivity index (χ1n) is 4.26. The van der Waals surface area contributed by atoms with Crippen molar-refractivity contribution in [3.8, 4) is 11.5 Å². The monoisotopic (exact) mass is 221 g/mol. The standard InChI is InChI=1S/C9H7N3O4/c13-9(14)6-4-16-8(11-6)5-1-2-10-7(3-5)12-15/h1-4,15H,(H,10,12)(H,13,14). The van der Waals surface area contributed by atoms with Crippen LogP contribution in [0.4, 0.5) is 5.82 Å². The molecule has 2 aromatic rings. The van der Waals surface area contributed by atoms with Crippen molar-refractivity contribution >= 4 is 11.8 Å². The molecule has 0 aliphatic heterocycles. The molecule has 0 fully saturated rings. The SMILES string of the molecule is O=C(O)c1coc(-c2ccnc(NO)c2)n1. The zero-order chi connectivity index (χ0) is 11.5. The zero-order valence-corrected chi connectivity index (χ0v) is 7.91. The van der Waals surface area contributed by atoms with Gasteiger partial charge in [-0.1, -0.05) is 0 Å². The molecule has 0 bridgehead atoms. The van der Waals surface area contributed by atoms with Gasteiger partial charge in [-0.05, 0) is 12.1 Å². The van der Waals surface area contributed by atoms with Gasteiger partial charge in [-0.3, -0.25) is 10.7 Å². The molecule has 3 N–H and O–H groups in total. The van der Waals surface area contributed by atoms with Crippen LogP contribution >= 0.6 is 0 Å². The van der Waals surface area contributed by atoms with E-state index in [1.807, 2.05) is 5.48 Å². The van der Waals surface area contributed by atoms with Crippen molar-refractivity contribution in [2.24, 2.45) is 0 Å². The Bertz CT molecular complexity index is 523. The third-order valence-electron chi connectivity index (χ3n) is 1.84. The molecule has 82 valence electrons. The van der Waals surface area contributed by atoms with Gasteiger partial charge in [-0.15, -0.1) is 0 Å². The number of carboxylic acid groups (broad SMARTS) is 1. The lowest BCUT2D eigenvalue weighted by Gasteiger charge is -1.98. The van der Waals surface area contributed by atoms with Gasteiger partial charge in [0.25, 0.3) is 0 Å². The number of rotatable bonds is 3. The van der Waals surface area contributed by atoms with Crippen molar-refractivity contribution in [1.29, 1.82) is 0 Å². The first-order valence-corrected chi connectivity index (χ1v) is 4.26. The lowest BCUT2D eigenvalue weighted by molar-refractivity contribution is 0.0690. The van der Waals surface area contributed by atoms with Gasteiger partial charge >= 0.3 is 5.97 Å². The third-order valence-corrected chi connectivity index (χ3v) is 1.84. The molecule has 7 heteroatoms. The smallest absolute Gasteiger partial charge is 0.357 e. The topological polar surface area (TPSA) is 108 Å². The van der Waals surface area contributed by atoms with Gasteiger partial charge in [0.05, 0.1) is 0 Å². The Kier molecular flexibility index (Phi) is 2.52. The van der Waals surface area contributed by atoms with Crippen molar-refractivity contribution in [2.75, 3.05) is 5.48 Å². The number of hydrogen-bond donors (Lipinski definition) is 3. The summed E-state index contributed by atoms with van der Waals surface area (Å²) in [5.74, 6) is -0.798. The maximum Gasteiger partial charge on any atom is 0.357 e. The Morgan fingerprint density at radius 2 is 2.31 bits per heavy atom. The fourth-order valence-electron chi connectivity index (χ4n) is 1.13. The van der Waals surface area contributed by atoms with Crippen LogP contribution < -0.4 is 5.48 Å². The van der Waals surface area contributed by atoms with E-state index >= 15 is 0 Å². The molecule has 0 aliphatic rings. The normalized spacial score (nSPS) is 10.1. The molecular weight excluding hydrogens is 214 g/mol. The van der Waals surface area contributed by atoms with E-state index in [0.717, 1.165) is 6.26 Å². The van der Waals surface area contributed by atoms with Crippen LogP contribution in [0.25, 0.3) is 11.5 Å². The third kappa shape index (κ3) is 1.84. The van der Waals surface area contributed by atoms with Crippen LogP contribution in [-0.4, -0.2) is 26.3 Å². The summed E-state index contributed by atoms with van der Waals surface area (Å²) in [7, 11) is 0. The Balaban J connectivity index is 2.38. The summed E-state index contributed by atoms with van der Waals surface area (Å²) in [5.41, 5.74) is 2.21. The number of aromatic nitrogens is 2. The van der Waals surface area contributed by atoms with E-state index in [1.54, 1.807) is 6.07 Å². The summed E-state index contributed by atoms with van der Waals surface area (Å²) in [5, 5.41) is 17.3. The molecule has 2 heterocycles. The number of aromatic carboxylic acids is 1. The van der Waals surface area contributed by atoms with Gasteiger partial charge in [-0.25, -0.2) is 14.8 Å². The number of pyridine rings is 1. The van der Waals surface area contributed by atoms with Crippen LogP contribution in [0.3, 0.4) is 0 Å². The zero-order valence-electron chi connectivity index (χ0n) is 7.91. The summed E-state index contributed by atoms with van der Waals surface area (Å²) in [6, 6.07) is 3.05. The van der Waals surface area contributed by atoms with E-state index in [0.29, 0.717) is 5.56 Å². The molecule has 7 nitrogen and oxygen atoms in total. The van der Waals surface area contributed by atoms with Crippen LogP contribution in [0.15, 0.2) is 29.0 Å². The fraction of sp³-hybridized carbons (Fsp3) is 0. The number of carbonyl (C=O) groups is 1. The molecule has 0 saturated heterocycles. The quantitative estimate of drug-likeness (QED) is 0.669. The van der Waals surface area contributed by atoms with Crippen LogP contribution in [0, 0.1) is 0 Å². The highest BCUT2D eigenvalue weighted by Gasteiger charge is 2.12. The number of nitrogens with zero attached hydrogens (tertiary/aromatic N) is 2. The summed E-state index contributed by atoms with van der Waals surface area (Å²) in [4.78, 5) is 18.1. The minimum absolute atomic E-state index is 0.149. The Labute approximate surface area is 89.3 Å². The Morgan fingerprint density at radius 1 is 1.50 bits per heavy atom. The molecule has 16 heavy (non-hydrogen) atoms. The van der Waals surface area contributed by atoms with E-state index in [-0.39, 0.29) is 17.4 Å². The van der Waals surface area contributed by atoms with E-state index in [4.69, 9.17) is 14.7 Å². The summed E-state index contributed by atoms with van der Waals surface area (Å²) < 4.78 is 4.98. The molecule has 0 radical (unpaired) electrons. The van der Waals surface area contributed by atoms with Gasteiger partial charge < -0.3 is 9.52 Å².